The molecule has 7 nitrogen and oxygen atoms in total. The second-order valence-corrected chi connectivity index (χ2v) is 10.6. The van der Waals surface area contributed by atoms with Gasteiger partial charge in [-0.1, -0.05) is 12.1 Å². The fraction of sp³-hybridized carbons (Fsp3) is 0.409. The number of benzene rings is 1. The summed E-state index contributed by atoms with van der Waals surface area (Å²) in [6.45, 7) is 0. The van der Waals surface area contributed by atoms with Gasteiger partial charge in [-0.15, -0.1) is 0 Å². The molecular formula is C22H19F7N4O3S. The number of nitrogens with one attached hydrogen (secondary N) is 2. The highest BCUT2D eigenvalue weighted by Crippen LogP contribution is 2.36. The molecular weight excluding hydrogens is 533 g/mol. The predicted octanol–water partition coefficient (Wildman–Crippen LogP) is 3.59. The van der Waals surface area contributed by atoms with Crippen molar-refractivity contribution >= 4 is 15.7 Å². The number of hydrogen-bond donors (Lipinski definition) is 2. The Morgan fingerprint density at radius 2 is 1.73 bits per heavy atom. The van der Waals surface area contributed by atoms with Gasteiger partial charge in [0, 0.05) is 6.20 Å². The average Bonchev–Trinajstić information content (AvgIpc) is 3.55. The van der Waals surface area contributed by atoms with Crippen LogP contribution in [0.4, 0.5) is 30.7 Å². The normalized spacial score (nSPS) is 16.9. The van der Waals surface area contributed by atoms with Crippen molar-refractivity contribution in [3.05, 3.63) is 65.2 Å². The van der Waals surface area contributed by atoms with E-state index in [1.54, 1.807) is 6.07 Å². The first-order valence-electron chi connectivity index (χ1n) is 10.6. The molecule has 0 saturated heterocycles. The van der Waals surface area contributed by atoms with Crippen LogP contribution >= 0.6 is 0 Å². The van der Waals surface area contributed by atoms with Gasteiger partial charge < -0.3 is 5.32 Å². The second kappa shape index (κ2) is 10.3. The molecule has 3 rings (SSSR count). The van der Waals surface area contributed by atoms with Crippen LogP contribution in [-0.2, 0) is 26.6 Å². The summed E-state index contributed by atoms with van der Waals surface area (Å²) in [5, 5.41) is 13.3. The number of rotatable bonds is 9. The number of halogens is 7. The van der Waals surface area contributed by atoms with Crippen molar-refractivity contribution in [1.82, 2.24) is 15.6 Å². The van der Waals surface area contributed by atoms with Crippen LogP contribution in [0.1, 0.15) is 35.7 Å². The van der Waals surface area contributed by atoms with Crippen LogP contribution in [0.3, 0.4) is 0 Å². The first kappa shape index (κ1) is 28.3. The van der Waals surface area contributed by atoms with E-state index in [-0.39, 0.29) is 12.8 Å². The first-order valence-corrected chi connectivity index (χ1v) is 12.4. The molecule has 1 amide bonds. The van der Waals surface area contributed by atoms with Gasteiger partial charge in [0.25, 0.3) is 0 Å². The van der Waals surface area contributed by atoms with Crippen molar-refractivity contribution in [3.8, 4) is 6.07 Å². The first-order chi connectivity index (χ1) is 17.1. The summed E-state index contributed by atoms with van der Waals surface area (Å²) in [6.07, 6.45) is -8.77. The summed E-state index contributed by atoms with van der Waals surface area (Å²) in [4.78, 5) is 16.3. The van der Waals surface area contributed by atoms with Gasteiger partial charge in [0.15, 0.2) is 9.84 Å². The maximum atomic E-state index is 13.9. The highest BCUT2D eigenvalue weighted by Gasteiger charge is 2.48. The van der Waals surface area contributed by atoms with Crippen molar-refractivity contribution in [2.45, 2.75) is 48.6 Å². The Morgan fingerprint density at radius 3 is 2.24 bits per heavy atom. The number of carbonyl (C=O) groups is 1. The van der Waals surface area contributed by atoms with Crippen LogP contribution in [0.2, 0.25) is 0 Å². The molecule has 1 fully saturated rings. The van der Waals surface area contributed by atoms with E-state index in [0.717, 1.165) is 36.5 Å². The lowest BCUT2D eigenvalue weighted by molar-refractivity contribution is -0.160. The third-order valence-corrected chi connectivity index (χ3v) is 7.07. The van der Waals surface area contributed by atoms with Crippen molar-refractivity contribution in [3.63, 3.8) is 0 Å². The summed E-state index contributed by atoms with van der Waals surface area (Å²) in [7, 11) is -4.68. The molecule has 1 saturated carbocycles. The Balaban J connectivity index is 1.94. The molecule has 0 radical (unpaired) electrons. The number of alkyl halides is 6. The molecule has 37 heavy (non-hydrogen) atoms. The van der Waals surface area contributed by atoms with E-state index in [1.165, 1.54) is 0 Å². The molecule has 2 aromatic rings. The second-order valence-electron chi connectivity index (χ2n) is 8.48. The van der Waals surface area contributed by atoms with Crippen molar-refractivity contribution < 1.29 is 43.9 Å². The number of nitriles is 1. The largest absolute Gasteiger partial charge is 0.418 e. The van der Waals surface area contributed by atoms with Crippen molar-refractivity contribution in [1.29, 1.82) is 5.26 Å². The molecule has 0 spiro atoms. The van der Waals surface area contributed by atoms with Crippen LogP contribution in [0.5, 0.6) is 0 Å². The molecule has 0 aliphatic heterocycles. The summed E-state index contributed by atoms with van der Waals surface area (Å²) in [6, 6.07) is 1.56. The molecule has 2 atom stereocenters. The highest BCUT2D eigenvalue weighted by molar-refractivity contribution is 7.90. The Morgan fingerprint density at radius 1 is 1.11 bits per heavy atom. The quantitative estimate of drug-likeness (QED) is 0.460. The lowest BCUT2D eigenvalue weighted by Gasteiger charge is -2.28. The van der Waals surface area contributed by atoms with Gasteiger partial charge in [-0.05, 0) is 42.7 Å². The van der Waals surface area contributed by atoms with E-state index in [1.807, 2.05) is 5.32 Å². The van der Waals surface area contributed by atoms with E-state index in [0.29, 0.717) is 6.07 Å². The van der Waals surface area contributed by atoms with Gasteiger partial charge in [-0.2, -0.15) is 31.6 Å². The molecule has 2 N–H and O–H groups in total. The maximum Gasteiger partial charge on any atom is 0.418 e. The molecule has 1 aliphatic carbocycles. The molecule has 15 heteroatoms. The third kappa shape index (κ3) is 7.39. The van der Waals surface area contributed by atoms with Crippen molar-refractivity contribution in [2.75, 3.05) is 5.75 Å². The third-order valence-electron chi connectivity index (χ3n) is 5.51. The molecule has 1 aliphatic rings. The number of pyridine rings is 1. The minimum absolute atomic E-state index is 0.179. The van der Waals surface area contributed by atoms with Crippen molar-refractivity contribution in [2.24, 2.45) is 0 Å². The highest BCUT2D eigenvalue weighted by atomic mass is 32.2. The fourth-order valence-corrected chi connectivity index (χ4v) is 5.00. The van der Waals surface area contributed by atoms with Crippen LogP contribution in [0.25, 0.3) is 0 Å². The van der Waals surface area contributed by atoms with E-state index in [9.17, 15) is 49.2 Å². The fourth-order valence-electron chi connectivity index (χ4n) is 3.48. The SMILES string of the molecule is N#CC1(NC(=O)[C@H](CS(=O)(=O)Cc2ncccc2C(F)(F)F)N[C@@H](c2ccc(F)cc2)C(F)(F)F)CC1. The topological polar surface area (TPSA) is 112 Å². The standard InChI is InChI=1S/C22H19F7N4O3S/c23-14-5-3-13(4-6-14)18(22(27,28)29)32-17(19(34)33-20(12-30)7-8-20)11-37(35,36)10-16-15(21(24,25)26)2-1-9-31-16/h1-6,9,17-18,32H,7-8,10-11H2,(H,33,34)/t17-,18-/m0/s1. The Kier molecular flexibility index (Phi) is 7.85. The zero-order chi connectivity index (χ0) is 27.6. The van der Waals surface area contributed by atoms with E-state index >= 15 is 0 Å². The molecule has 0 unspecified atom stereocenters. The monoisotopic (exact) mass is 552 g/mol. The number of aromatic nitrogens is 1. The summed E-state index contributed by atoms with van der Waals surface area (Å²) in [5.74, 6) is -4.77. The van der Waals surface area contributed by atoms with E-state index in [4.69, 9.17) is 0 Å². The number of nitrogens with zero attached hydrogens (tertiary/aromatic N) is 2. The minimum atomic E-state index is -5.09. The molecule has 200 valence electrons. The van der Waals surface area contributed by atoms with Gasteiger partial charge in [0.2, 0.25) is 5.91 Å². The zero-order valence-corrected chi connectivity index (χ0v) is 19.5. The molecule has 1 aromatic carbocycles. The van der Waals surface area contributed by atoms with Crippen LogP contribution < -0.4 is 10.6 Å². The van der Waals surface area contributed by atoms with Gasteiger partial charge in [0.1, 0.15) is 23.4 Å². The smallest absolute Gasteiger partial charge is 0.336 e. The Hall–Kier alpha value is -3.25. The van der Waals surface area contributed by atoms with Gasteiger partial charge in [0.05, 0.1) is 28.8 Å². The van der Waals surface area contributed by atoms with E-state index < -0.39 is 79.9 Å². The molecule has 0 bridgehead atoms. The van der Waals surface area contributed by atoms with Gasteiger partial charge in [-0.3, -0.25) is 15.1 Å². The zero-order valence-electron chi connectivity index (χ0n) is 18.7. The van der Waals surface area contributed by atoms with Crippen LogP contribution in [-0.4, -0.2) is 42.8 Å². The lowest BCUT2D eigenvalue weighted by atomic mass is 10.0. The Bertz CT molecular complexity index is 1290. The number of hydrogen-bond acceptors (Lipinski definition) is 6. The maximum absolute atomic E-state index is 13.9. The van der Waals surface area contributed by atoms with E-state index in [2.05, 4.69) is 10.3 Å². The number of amides is 1. The summed E-state index contributed by atoms with van der Waals surface area (Å²) < 4.78 is 120. The average molecular weight is 552 g/mol. The predicted molar refractivity (Wildman–Crippen MR) is 115 cm³/mol. The number of carbonyl (C=O) groups excluding carboxylic acids is 1. The van der Waals surface area contributed by atoms with Crippen LogP contribution in [0.15, 0.2) is 42.6 Å². The summed E-state index contributed by atoms with van der Waals surface area (Å²) >= 11 is 0. The molecule has 1 aromatic heterocycles. The van der Waals surface area contributed by atoms with Gasteiger partial charge in [-0.25, -0.2) is 12.8 Å². The summed E-state index contributed by atoms with van der Waals surface area (Å²) in [5.41, 5.74) is -4.17. The van der Waals surface area contributed by atoms with Crippen LogP contribution in [0, 0.1) is 17.1 Å². The lowest BCUT2D eigenvalue weighted by Crippen LogP contribution is -2.54. The minimum Gasteiger partial charge on any atom is -0.336 e. The number of sulfone groups is 1. The Labute approximate surface area is 206 Å². The van der Waals surface area contributed by atoms with Gasteiger partial charge >= 0.3 is 12.4 Å². The molecule has 1 heterocycles.